The molecule has 3 amide bonds. The molecule has 2 aromatic rings. The second-order valence-corrected chi connectivity index (χ2v) is 9.15. The van der Waals surface area contributed by atoms with Gasteiger partial charge in [0.1, 0.15) is 4.34 Å². The fourth-order valence-corrected chi connectivity index (χ4v) is 4.96. The van der Waals surface area contributed by atoms with E-state index in [9.17, 15) is 9.59 Å². The summed E-state index contributed by atoms with van der Waals surface area (Å²) in [7, 11) is 1.38. The van der Waals surface area contributed by atoms with Crippen LogP contribution in [0.2, 0.25) is 4.34 Å². The number of carbonyl (C=O) groups excluding carboxylic acids is 2. The molecule has 1 fully saturated rings. The average molecular weight is 472 g/mol. The maximum Gasteiger partial charge on any atom is 0.409 e. The van der Waals surface area contributed by atoms with Gasteiger partial charge in [0.05, 0.1) is 13.3 Å². The van der Waals surface area contributed by atoms with Gasteiger partial charge in [-0.2, -0.15) is 0 Å². The third kappa shape index (κ3) is 3.28. The number of thiazole rings is 1. The van der Waals surface area contributed by atoms with Gasteiger partial charge in [-0.3, -0.25) is 10.2 Å². The van der Waals surface area contributed by atoms with Gasteiger partial charge in [0.25, 0.3) is 0 Å². The maximum atomic E-state index is 12.9. The number of nitrogens with one attached hydrogen (secondary N) is 1. The van der Waals surface area contributed by atoms with Crippen LogP contribution in [0, 0.1) is 0 Å². The second kappa shape index (κ2) is 6.96. The number of ether oxygens (including phenoxy) is 1. The minimum Gasteiger partial charge on any atom is -0.453 e. The van der Waals surface area contributed by atoms with Crippen LogP contribution in [0.25, 0.3) is 0 Å². The number of halogens is 2. The highest BCUT2D eigenvalue weighted by Gasteiger charge is 2.50. The number of nitrogens with zero attached hydrogens (tertiary/aromatic N) is 3. The lowest BCUT2D eigenvalue weighted by atomic mass is 9.82. The van der Waals surface area contributed by atoms with Crippen molar-refractivity contribution in [2.75, 3.05) is 37.0 Å². The van der Waals surface area contributed by atoms with Gasteiger partial charge in [0.15, 0.2) is 5.13 Å². The van der Waals surface area contributed by atoms with Crippen molar-refractivity contribution in [1.82, 2.24) is 9.88 Å². The molecule has 1 unspecified atom stereocenters. The van der Waals surface area contributed by atoms with E-state index in [1.165, 1.54) is 24.6 Å². The summed E-state index contributed by atoms with van der Waals surface area (Å²) in [4.78, 5) is 32.4. The predicted molar refractivity (Wildman–Crippen MR) is 108 cm³/mol. The summed E-state index contributed by atoms with van der Waals surface area (Å²) >= 11 is 10.6. The Morgan fingerprint density at radius 3 is 2.93 bits per heavy atom. The highest BCUT2D eigenvalue weighted by molar-refractivity contribution is 9.10. The Morgan fingerprint density at radius 1 is 1.41 bits per heavy atom. The fraction of sp³-hybridized carbons (Fsp3) is 0.353. The molecular formula is C17H16BrClN4O3S. The minimum atomic E-state index is -0.344. The molecule has 4 rings (SSSR count). The van der Waals surface area contributed by atoms with Crippen molar-refractivity contribution in [3.63, 3.8) is 0 Å². The summed E-state index contributed by atoms with van der Waals surface area (Å²) < 4.78 is 6.32. The number of anilines is 2. The van der Waals surface area contributed by atoms with E-state index in [1.807, 2.05) is 18.2 Å². The van der Waals surface area contributed by atoms with Crippen LogP contribution < -0.4 is 10.2 Å². The lowest BCUT2D eigenvalue weighted by molar-refractivity contribution is 0.131. The molecule has 1 saturated heterocycles. The Bertz CT molecular complexity index is 923. The number of methoxy groups -OCH3 is 1. The maximum absolute atomic E-state index is 12.9. The number of benzene rings is 1. The Kier molecular flexibility index (Phi) is 4.77. The summed E-state index contributed by atoms with van der Waals surface area (Å²) in [6, 6.07) is 5.59. The lowest BCUT2D eigenvalue weighted by Crippen LogP contribution is -2.41. The number of hydrogen-bond acceptors (Lipinski definition) is 5. The normalized spacial score (nSPS) is 20.9. The van der Waals surface area contributed by atoms with Crippen molar-refractivity contribution in [3.8, 4) is 0 Å². The van der Waals surface area contributed by atoms with Crippen LogP contribution in [0.15, 0.2) is 28.9 Å². The lowest BCUT2D eigenvalue weighted by Gasteiger charge is -2.25. The zero-order chi connectivity index (χ0) is 19.2. The van der Waals surface area contributed by atoms with Crippen LogP contribution >= 0.6 is 38.9 Å². The summed E-state index contributed by atoms with van der Waals surface area (Å²) in [6.07, 6.45) is 1.92. The number of fused-ring (bicyclic) bond motifs is 2. The number of carbonyl (C=O) groups is 2. The molecule has 0 aliphatic carbocycles. The molecule has 2 aliphatic rings. The molecule has 1 aromatic heterocycles. The van der Waals surface area contributed by atoms with E-state index in [0.717, 1.165) is 22.1 Å². The van der Waals surface area contributed by atoms with Crippen LogP contribution in [-0.2, 0) is 10.2 Å². The molecule has 7 nitrogen and oxygen atoms in total. The van der Waals surface area contributed by atoms with Crippen LogP contribution in [0.1, 0.15) is 12.0 Å². The van der Waals surface area contributed by atoms with Gasteiger partial charge in [-0.25, -0.2) is 14.6 Å². The standard InChI is InChI=1S/C17H16BrClN4O3S/c1-26-16(25)22-5-4-17(8-22)9-23(12-3-2-10(18)6-11(12)17)15(24)21-14-20-7-13(19)27-14/h2-3,6-7H,4-5,8-9H2,1H3,(H,20,21,24). The minimum absolute atomic E-state index is 0.266. The smallest absolute Gasteiger partial charge is 0.409 e. The van der Waals surface area contributed by atoms with Gasteiger partial charge in [-0.05, 0) is 30.2 Å². The van der Waals surface area contributed by atoms with Crippen molar-refractivity contribution in [2.45, 2.75) is 11.8 Å². The number of likely N-dealkylation sites (tertiary alicyclic amines) is 1. The van der Waals surface area contributed by atoms with Crippen LogP contribution in [0.3, 0.4) is 0 Å². The third-order valence-corrected chi connectivity index (χ3v) is 6.53. The van der Waals surface area contributed by atoms with E-state index < -0.39 is 0 Å². The highest BCUT2D eigenvalue weighted by atomic mass is 79.9. The Balaban J connectivity index is 1.64. The van der Waals surface area contributed by atoms with Gasteiger partial charge in [0.2, 0.25) is 0 Å². The van der Waals surface area contributed by atoms with E-state index in [0.29, 0.717) is 29.1 Å². The van der Waals surface area contributed by atoms with Crippen molar-refractivity contribution in [3.05, 3.63) is 38.8 Å². The first-order valence-corrected chi connectivity index (χ1v) is 10.2. The largest absolute Gasteiger partial charge is 0.453 e. The molecule has 1 atom stereocenters. The van der Waals surface area contributed by atoms with Gasteiger partial charge >= 0.3 is 12.1 Å². The van der Waals surface area contributed by atoms with Gasteiger partial charge < -0.3 is 9.64 Å². The summed E-state index contributed by atoms with van der Waals surface area (Å²) in [6.45, 7) is 1.59. The van der Waals surface area contributed by atoms with Crippen molar-refractivity contribution >= 4 is 61.8 Å². The number of amides is 3. The van der Waals surface area contributed by atoms with Gasteiger partial charge in [0, 0.05) is 35.2 Å². The average Bonchev–Trinajstić information content (AvgIpc) is 3.34. The molecule has 2 aliphatic heterocycles. The molecule has 142 valence electrons. The van der Waals surface area contributed by atoms with Crippen molar-refractivity contribution < 1.29 is 14.3 Å². The zero-order valence-electron chi connectivity index (χ0n) is 14.4. The number of rotatable bonds is 1. The molecule has 1 spiro atoms. The van der Waals surface area contributed by atoms with E-state index >= 15 is 0 Å². The molecule has 1 aromatic carbocycles. The van der Waals surface area contributed by atoms with Gasteiger partial charge in [-0.1, -0.05) is 38.9 Å². The van der Waals surface area contributed by atoms with E-state index in [4.69, 9.17) is 16.3 Å². The molecule has 10 heteroatoms. The molecule has 0 bridgehead atoms. The zero-order valence-corrected chi connectivity index (χ0v) is 17.5. The van der Waals surface area contributed by atoms with E-state index in [1.54, 1.807) is 9.80 Å². The first-order valence-electron chi connectivity index (χ1n) is 8.25. The second-order valence-electron chi connectivity index (χ2n) is 6.57. The SMILES string of the molecule is COC(=O)N1CCC2(C1)CN(C(=O)Nc1ncc(Cl)s1)c1ccc(Br)cc12. The van der Waals surface area contributed by atoms with Crippen molar-refractivity contribution in [1.29, 1.82) is 0 Å². The number of aromatic nitrogens is 1. The number of hydrogen-bond donors (Lipinski definition) is 1. The Labute approximate surface area is 173 Å². The topological polar surface area (TPSA) is 74.8 Å². The highest BCUT2D eigenvalue weighted by Crippen LogP contribution is 2.47. The Morgan fingerprint density at radius 2 is 2.22 bits per heavy atom. The molecular weight excluding hydrogens is 456 g/mol. The quantitative estimate of drug-likeness (QED) is 0.672. The monoisotopic (exact) mass is 470 g/mol. The summed E-state index contributed by atoms with van der Waals surface area (Å²) in [5, 5.41) is 3.26. The molecule has 27 heavy (non-hydrogen) atoms. The molecule has 0 radical (unpaired) electrons. The molecule has 1 N–H and O–H groups in total. The fourth-order valence-electron chi connectivity index (χ4n) is 3.80. The van der Waals surface area contributed by atoms with E-state index in [2.05, 4.69) is 26.2 Å². The van der Waals surface area contributed by atoms with Crippen LogP contribution in [0.4, 0.5) is 20.4 Å². The predicted octanol–water partition coefficient (Wildman–Crippen LogP) is 4.32. The van der Waals surface area contributed by atoms with Crippen molar-refractivity contribution in [2.24, 2.45) is 0 Å². The van der Waals surface area contributed by atoms with Crippen LogP contribution in [-0.4, -0.2) is 48.8 Å². The Hall–Kier alpha value is -1.84. The first kappa shape index (κ1) is 18.5. The molecule has 0 saturated carbocycles. The summed E-state index contributed by atoms with van der Waals surface area (Å²) in [5.74, 6) is 0. The number of urea groups is 1. The first-order chi connectivity index (χ1) is 12.9. The third-order valence-electron chi connectivity index (χ3n) is 5.00. The van der Waals surface area contributed by atoms with E-state index in [-0.39, 0.29) is 17.5 Å². The molecule has 3 heterocycles. The van der Waals surface area contributed by atoms with Gasteiger partial charge in [-0.15, -0.1) is 0 Å². The van der Waals surface area contributed by atoms with Crippen LogP contribution in [0.5, 0.6) is 0 Å². The summed E-state index contributed by atoms with van der Waals surface area (Å²) in [5.41, 5.74) is 1.58.